The van der Waals surface area contributed by atoms with Crippen molar-refractivity contribution in [2.75, 3.05) is 5.32 Å². The van der Waals surface area contributed by atoms with Gasteiger partial charge < -0.3 is 14.6 Å². The number of aliphatic carboxylic acids is 1. The van der Waals surface area contributed by atoms with E-state index in [0.717, 1.165) is 12.1 Å². The number of non-ortho nitro benzene ring substituents is 1. The number of nitrogens with one attached hydrogen (secondary N) is 1. The molecule has 13 heteroatoms. The summed E-state index contributed by atoms with van der Waals surface area (Å²) in [6, 6.07) is 8.22. The molecule has 1 atom stereocenters. The van der Waals surface area contributed by atoms with Gasteiger partial charge in [-0.2, -0.15) is 21.6 Å². The molecule has 0 fully saturated rings. The van der Waals surface area contributed by atoms with Crippen LogP contribution in [0.4, 0.5) is 24.5 Å². The zero-order chi connectivity index (χ0) is 21.8. The van der Waals surface area contributed by atoms with Crippen LogP contribution in [0, 0.1) is 10.1 Å². The van der Waals surface area contributed by atoms with Gasteiger partial charge in [0.2, 0.25) is 0 Å². The maximum Gasteiger partial charge on any atom is 0.534 e. The molecule has 29 heavy (non-hydrogen) atoms. The van der Waals surface area contributed by atoms with Gasteiger partial charge in [0.05, 0.1) is 4.92 Å². The van der Waals surface area contributed by atoms with Crippen LogP contribution in [-0.2, 0) is 21.3 Å². The number of carboxylic acid groups (broad SMARTS) is 1. The molecule has 9 nitrogen and oxygen atoms in total. The number of carboxylic acids is 1. The molecule has 2 aromatic carbocycles. The largest absolute Gasteiger partial charge is 0.534 e. The van der Waals surface area contributed by atoms with Crippen LogP contribution in [0.5, 0.6) is 5.75 Å². The van der Waals surface area contributed by atoms with Gasteiger partial charge in [0.1, 0.15) is 11.8 Å². The number of carbonyl (C=O) groups is 1. The van der Waals surface area contributed by atoms with Crippen molar-refractivity contribution >= 4 is 27.5 Å². The van der Waals surface area contributed by atoms with E-state index in [1.54, 1.807) is 0 Å². The third kappa shape index (κ3) is 5.81. The second-order valence-electron chi connectivity index (χ2n) is 5.67. The summed E-state index contributed by atoms with van der Waals surface area (Å²) >= 11 is 0. The van der Waals surface area contributed by atoms with E-state index in [4.69, 9.17) is 0 Å². The van der Waals surface area contributed by atoms with E-state index >= 15 is 0 Å². The number of hydrogen-bond donors (Lipinski definition) is 2. The number of anilines is 1. The summed E-state index contributed by atoms with van der Waals surface area (Å²) in [6.07, 6.45) is -0.112. The molecule has 0 heterocycles. The van der Waals surface area contributed by atoms with Gasteiger partial charge in [-0.1, -0.05) is 12.1 Å². The molecule has 0 radical (unpaired) electrons. The molecule has 0 aliphatic carbocycles. The zero-order valence-electron chi connectivity index (χ0n) is 14.3. The Hall–Kier alpha value is -3.35. The summed E-state index contributed by atoms with van der Waals surface area (Å²) in [4.78, 5) is 21.5. The standard InChI is InChI=1S/C16H13F3N2O7S/c17-16(18,19)29(26,27)28-13-7-1-10(2-8-13)9-14(15(22)23)20-11-3-5-12(6-4-11)21(24)25/h1-8,14,20H,9H2,(H,22,23). The van der Waals surface area contributed by atoms with Crippen molar-refractivity contribution in [1.82, 2.24) is 0 Å². The van der Waals surface area contributed by atoms with E-state index in [0.29, 0.717) is 11.3 Å². The molecule has 0 saturated carbocycles. The Labute approximate surface area is 162 Å². The van der Waals surface area contributed by atoms with Gasteiger partial charge in [0, 0.05) is 24.2 Å². The lowest BCUT2D eigenvalue weighted by Crippen LogP contribution is -2.31. The predicted molar refractivity (Wildman–Crippen MR) is 93.9 cm³/mol. The number of alkyl halides is 3. The van der Waals surface area contributed by atoms with Crippen molar-refractivity contribution in [1.29, 1.82) is 0 Å². The summed E-state index contributed by atoms with van der Waals surface area (Å²) in [5.41, 5.74) is -5.08. The summed E-state index contributed by atoms with van der Waals surface area (Å²) in [7, 11) is -5.80. The van der Waals surface area contributed by atoms with Gasteiger partial charge in [-0.15, -0.1) is 0 Å². The fraction of sp³-hybridized carbons (Fsp3) is 0.188. The minimum atomic E-state index is -5.80. The van der Waals surface area contributed by atoms with Crippen molar-refractivity contribution in [3.63, 3.8) is 0 Å². The topological polar surface area (TPSA) is 136 Å². The minimum Gasteiger partial charge on any atom is -0.480 e. The van der Waals surface area contributed by atoms with Crippen molar-refractivity contribution in [2.45, 2.75) is 18.0 Å². The number of nitro groups is 1. The number of halogens is 3. The Morgan fingerprint density at radius 3 is 2.14 bits per heavy atom. The first kappa shape index (κ1) is 21.9. The van der Waals surface area contributed by atoms with Crippen LogP contribution >= 0.6 is 0 Å². The lowest BCUT2D eigenvalue weighted by Gasteiger charge is -2.16. The Balaban J connectivity index is 2.09. The molecule has 156 valence electrons. The summed E-state index contributed by atoms with van der Waals surface area (Å²) in [6.45, 7) is 0. The third-order valence-corrected chi connectivity index (χ3v) is 4.55. The third-order valence-electron chi connectivity index (χ3n) is 3.57. The van der Waals surface area contributed by atoms with Gasteiger partial charge in [0.25, 0.3) is 5.69 Å². The van der Waals surface area contributed by atoms with E-state index in [2.05, 4.69) is 9.50 Å². The Morgan fingerprint density at radius 2 is 1.69 bits per heavy atom. The molecule has 0 aliphatic heterocycles. The monoisotopic (exact) mass is 434 g/mol. The minimum absolute atomic E-state index is 0.112. The zero-order valence-corrected chi connectivity index (χ0v) is 15.1. The average molecular weight is 434 g/mol. The van der Waals surface area contributed by atoms with E-state index in [-0.39, 0.29) is 12.1 Å². The Bertz CT molecular complexity index is 991. The van der Waals surface area contributed by atoms with Crippen molar-refractivity contribution < 1.29 is 40.6 Å². The quantitative estimate of drug-likeness (QED) is 0.280. The maximum absolute atomic E-state index is 12.3. The molecule has 0 bridgehead atoms. The molecule has 0 aromatic heterocycles. The van der Waals surface area contributed by atoms with Crippen molar-refractivity contribution in [3.8, 4) is 5.75 Å². The number of nitrogens with zero attached hydrogens (tertiary/aromatic N) is 1. The van der Waals surface area contributed by atoms with Crippen LogP contribution in [-0.4, -0.2) is 36.0 Å². The molecule has 2 rings (SSSR count). The molecule has 2 N–H and O–H groups in total. The highest BCUT2D eigenvalue weighted by Gasteiger charge is 2.48. The van der Waals surface area contributed by atoms with Crippen molar-refractivity contribution in [3.05, 3.63) is 64.2 Å². The predicted octanol–water partition coefficient (Wildman–Crippen LogP) is 2.93. The maximum atomic E-state index is 12.3. The van der Waals surface area contributed by atoms with Crippen LogP contribution in [0.25, 0.3) is 0 Å². The highest BCUT2D eigenvalue weighted by atomic mass is 32.2. The second kappa shape index (κ2) is 8.34. The second-order valence-corrected chi connectivity index (χ2v) is 7.21. The van der Waals surface area contributed by atoms with E-state index < -0.39 is 38.3 Å². The van der Waals surface area contributed by atoms with E-state index in [1.165, 1.54) is 36.4 Å². The number of rotatable bonds is 8. The highest BCUT2D eigenvalue weighted by molar-refractivity contribution is 7.88. The van der Waals surface area contributed by atoms with E-state index in [9.17, 15) is 41.6 Å². The smallest absolute Gasteiger partial charge is 0.480 e. The fourth-order valence-corrected chi connectivity index (χ4v) is 2.63. The first-order valence-corrected chi connectivity index (χ1v) is 9.13. The number of benzene rings is 2. The van der Waals surface area contributed by atoms with Crippen LogP contribution in [0.3, 0.4) is 0 Å². The molecule has 0 aliphatic rings. The first-order valence-electron chi connectivity index (χ1n) is 7.72. The van der Waals surface area contributed by atoms with Gasteiger partial charge >= 0.3 is 21.6 Å². The van der Waals surface area contributed by atoms with E-state index in [1.807, 2.05) is 0 Å². The van der Waals surface area contributed by atoms with Crippen LogP contribution < -0.4 is 9.50 Å². The van der Waals surface area contributed by atoms with Gasteiger partial charge in [0.15, 0.2) is 0 Å². The van der Waals surface area contributed by atoms with Crippen LogP contribution in [0.15, 0.2) is 48.5 Å². The SMILES string of the molecule is O=C(O)C(Cc1ccc(OS(=O)(=O)C(F)(F)F)cc1)Nc1ccc([N+](=O)[O-])cc1. The lowest BCUT2D eigenvalue weighted by molar-refractivity contribution is -0.384. The molecule has 0 saturated heterocycles. The average Bonchev–Trinajstić information content (AvgIpc) is 2.62. The fourth-order valence-electron chi connectivity index (χ4n) is 2.17. The van der Waals surface area contributed by atoms with Crippen molar-refractivity contribution in [2.24, 2.45) is 0 Å². The molecule has 0 spiro atoms. The molecular weight excluding hydrogens is 421 g/mol. The first-order chi connectivity index (χ1) is 13.4. The van der Waals surface area contributed by atoms with Gasteiger partial charge in [-0.25, -0.2) is 4.79 Å². The highest BCUT2D eigenvalue weighted by Crippen LogP contribution is 2.27. The molecule has 1 unspecified atom stereocenters. The summed E-state index contributed by atoms with van der Waals surface area (Å²) in [5.74, 6) is -1.83. The Morgan fingerprint density at radius 1 is 1.14 bits per heavy atom. The van der Waals surface area contributed by atoms with Crippen LogP contribution in [0.1, 0.15) is 5.56 Å². The summed E-state index contributed by atoms with van der Waals surface area (Å²) < 4.78 is 62.8. The molecule has 0 amide bonds. The Kier molecular flexibility index (Phi) is 6.31. The van der Waals surface area contributed by atoms with Gasteiger partial charge in [-0.05, 0) is 29.8 Å². The number of nitro benzene ring substituents is 1. The summed E-state index contributed by atoms with van der Waals surface area (Å²) in [5, 5.41) is 22.6. The molecular formula is C16H13F3N2O7S. The van der Waals surface area contributed by atoms with Gasteiger partial charge in [-0.3, -0.25) is 10.1 Å². The molecule has 2 aromatic rings. The normalized spacial score (nSPS) is 12.8. The lowest BCUT2D eigenvalue weighted by atomic mass is 10.1. The number of hydrogen-bond acceptors (Lipinski definition) is 7. The van der Waals surface area contributed by atoms with Crippen LogP contribution in [0.2, 0.25) is 0 Å².